The molecule has 0 aromatic heterocycles. The van der Waals surface area contributed by atoms with Crippen LogP contribution in [0, 0.1) is 5.82 Å². The van der Waals surface area contributed by atoms with E-state index in [1.807, 2.05) is 31.2 Å². The molecule has 8 heteroatoms. The quantitative estimate of drug-likeness (QED) is 0.388. The molecule has 4 N–H and O–H groups in total. The molecule has 1 aliphatic heterocycles. The Kier molecular flexibility index (Phi) is 8.65. The third kappa shape index (κ3) is 7.11. The fourth-order valence-electron chi connectivity index (χ4n) is 3.23. The van der Waals surface area contributed by atoms with Crippen molar-refractivity contribution in [3.8, 4) is 5.75 Å². The second kappa shape index (κ2) is 11.9. The van der Waals surface area contributed by atoms with Crippen LogP contribution in [0.15, 0.2) is 59.9 Å². The van der Waals surface area contributed by atoms with E-state index in [0.29, 0.717) is 30.0 Å². The van der Waals surface area contributed by atoms with Crippen LogP contribution in [0.25, 0.3) is 6.08 Å². The molecule has 1 aliphatic rings. The van der Waals surface area contributed by atoms with Crippen molar-refractivity contribution in [1.29, 1.82) is 0 Å². The van der Waals surface area contributed by atoms with Crippen LogP contribution in [0.1, 0.15) is 12.5 Å². The van der Waals surface area contributed by atoms with Gasteiger partial charge in [0.15, 0.2) is 0 Å². The normalized spacial score (nSPS) is 15.3. The fourth-order valence-corrected chi connectivity index (χ4v) is 3.23. The predicted octanol–water partition coefficient (Wildman–Crippen LogP) is 3.42. The first kappa shape index (κ1) is 23.3. The molecule has 2 aromatic carbocycles. The Hall–Kier alpha value is -3.36. The highest BCUT2D eigenvalue weighted by molar-refractivity contribution is 5.79. The molecule has 0 unspecified atom stereocenters. The summed E-state index contributed by atoms with van der Waals surface area (Å²) in [6, 6.07) is 11.8. The number of allylic oxidation sites excluding steroid dienone is 1. The Morgan fingerprint density at radius 1 is 1.22 bits per heavy atom. The molecule has 0 atom stereocenters. The Morgan fingerprint density at radius 3 is 2.81 bits per heavy atom. The van der Waals surface area contributed by atoms with Crippen LogP contribution in [0.2, 0.25) is 0 Å². The van der Waals surface area contributed by atoms with Crippen molar-refractivity contribution in [1.82, 2.24) is 4.90 Å². The lowest BCUT2D eigenvalue weighted by Crippen LogP contribution is -2.38. The molecule has 1 heterocycles. The van der Waals surface area contributed by atoms with Gasteiger partial charge in [-0.25, -0.2) is 4.39 Å². The van der Waals surface area contributed by atoms with E-state index < -0.39 is 5.82 Å². The summed E-state index contributed by atoms with van der Waals surface area (Å²) in [5.41, 5.74) is 9.23. The summed E-state index contributed by atoms with van der Waals surface area (Å²) in [4.78, 5) is 13.1. The highest BCUT2D eigenvalue weighted by Crippen LogP contribution is 2.22. The van der Waals surface area contributed by atoms with Gasteiger partial charge in [-0.2, -0.15) is 0 Å². The maximum atomic E-state index is 13.6. The van der Waals surface area contributed by atoms with Crippen molar-refractivity contribution in [3.05, 3.63) is 71.3 Å². The number of anilines is 2. The fraction of sp³-hybridized carbons (Fsp3) is 0.292. The summed E-state index contributed by atoms with van der Waals surface area (Å²) in [5, 5.41) is 5.72. The second-order valence-electron chi connectivity index (χ2n) is 7.40. The van der Waals surface area contributed by atoms with Gasteiger partial charge in [-0.15, -0.1) is 0 Å². The van der Waals surface area contributed by atoms with E-state index in [1.165, 1.54) is 18.2 Å². The Bertz CT molecular complexity index is 971. The maximum absolute atomic E-state index is 13.6. The van der Waals surface area contributed by atoms with Crippen LogP contribution in [-0.2, 0) is 9.53 Å². The van der Waals surface area contributed by atoms with Crippen molar-refractivity contribution in [2.45, 2.75) is 6.92 Å². The molecular weight excluding hydrogens is 411 g/mol. The maximum Gasteiger partial charge on any atom is 0.211 e. The van der Waals surface area contributed by atoms with Gasteiger partial charge < -0.3 is 25.8 Å². The molecule has 2 aromatic rings. The lowest BCUT2D eigenvalue weighted by molar-refractivity contribution is -0.105. The molecule has 1 saturated heterocycles. The number of amides is 1. The Labute approximate surface area is 187 Å². The van der Waals surface area contributed by atoms with Gasteiger partial charge >= 0.3 is 0 Å². The third-order valence-electron chi connectivity index (χ3n) is 5.06. The van der Waals surface area contributed by atoms with Crippen LogP contribution in [0.3, 0.4) is 0 Å². The number of nitrogens with one attached hydrogen (secondary N) is 2. The first-order valence-corrected chi connectivity index (χ1v) is 10.5. The standard InChI is InChI=1S/C24H29FN4O3/c1-18(13-19-14-20(25)5-6-24(19)28-17-30)23(26)16-27-21-3-2-4-22(15-21)32-12-9-29-7-10-31-11-8-29/h2-6,13-17,27H,7-12,26H2,1H3,(H,28,30)/b18-13+,23-16-. The minimum Gasteiger partial charge on any atom is -0.492 e. The molecule has 7 nitrogen and oxygen atoms in total. The molecule has 32 heavy (non-hydrogen) atoms. The van der Waals surface area contributed by atoms with Crippen LogP contribution >= 0.6 is 0 Å². The molecule has 1 amide bonds. The summed E-state index contributed by atoms with van der Waals surface area (Å²) in [6.45, 7) is 6.69. The van der Waals surface area contributed by atoms with E-state index in [0.717, 1.165) is 49.9 Å². The molecule has 0 bridgehead atoms. The highest BCUT2D eigenvalue weighted by Gasteiger charge is 2.09. The lowest BCUT2D eigenvalue weighted by atomic mass is 10.1. The number of ether oxygens (including phenoxy) is 2. The Balaban J connectivity index is 1.59. The number of rotatable bonds is 10. The van der Waals surface area contributed by atoms with Crippen molar-refractivity contribution < 1.29 is 18.7 Å². The number of hydrogen-bond acceptors (Lipinski definition) is 6. The van der Waals surface area contributed by atoms with Crippen molar-refractivity contribution in [3.63, 3.8) is 0 Å². The molecular formula is C24H29FN4O3. The minimum atomic E-state index is -0.397. The molecule has 170 valence electrons. The number of benzene rings is 2. The summed E-state index contributed by atoms with van der Waals surface area (Å²) < 4.78 is 24.8. The molecule has 3 rings (SSSR count). The minimum absolute atomic E-state index is 0.397. The lowest BCUT2D eigenvalue weighted by Gasteiger charge is -2.26. The third-order valence-corrected chi connectivity index (χ3v) is 5.06. The van der Waals surface area contributed by atoms with Gasteiger partial charge in [-0.3, -0.25) is 9.69 Å². The monoisotopic (exact) mass is 440 g/mol. The topological polar surface area (TPSA) is 88.9 Å². The van der Waals surface area contributed by atoms with Gasteiger partial charge in [-0.05, 0) is 48.9 Å². The SMILES string of the molecule is CC(=C\c1cc(F)ccc1NC=O)/C(N)=C/Nc1cccc(OCCN2CCOCC2)c1. The number of nitrogens with zero attached hydrogens (tertiary/aromatic N) is 1. The van der Waals surface area contributed by atoms with Crippen molar-refractivity contribution in [2.75, 3.05) is 50.1 Å². The van der Waals surface area contributed by atoms with Crippen molar-refractivity contribution in [2.24, 2.45) is 5.73 Å². The van der Waals surface area contributed by atoms with Crippen molar-refractivity contribution >= 4 is 23.9 Å². The zero-order chi connectivity index (χ0) is 22.8. The van der Waals surface area contributed by atoms with Gasteiger partial charge in [-0.1, -0.05) is 6.07 Å². The van der Waals surface area contributed by atoms with E-state index >= 15 is 0 Å². The van der Waals surface area contributed by atoms with E-state index in [4.69, 9.17) is 15.2 Å². The number of carbonyl (C=O) groups excluding carboxylic acids is 1. The average molecular weight is 441 g/mol. The number of hydrogen-bond donors (Lipinski definition) is 3. The molecule has 1 fully saturated rings. The van der Waals surface area contributed by atoms with Gasteiger partial charge in [0.05, 0.1) is 18.9 Å². The molecule has 0 aliphatic carbocycles. The zero-order valence-corrected chi connectivity index (χ0v) is 18.1. The summed E-state index contributed by atoms with van der Waals surface area (Å²) >= 11 is 0. The van der Waals surface area contributed by atoms with Crippen LogP contribution < -0.4 is 21.1 Å². The van der Waals surface area contributed by atoms with Crippen LogP contribution in [-0.4, -0.2) is 50.8 Å². The van der Waals surface area contributed by atoms with Gasteiger partial charge in [0.25, 0.3) is 0 Å². The molecule has 0 radical (unpaired) electrons. The first-order valence-electron chi connectivity index (χ1n) is 10.5. The van der Waals surface area contributed by atoms with Gasteiger partial charge in [0.2, 0.25) is 6.41 Å². The average Bonchev–Trinajstić information content (AvgIpc) is 2.80. The van der Waals surface area contributed by atoms with Gasteiger partial charge in [0, 0.05) is 48.8 Å². The summed E-state index contributed by atoms with van der Waals surface area (Å²) in [5.74, 6) is 0.374. The summed E-state index contributed by atoms with van der Waals surface area (Å²) in [6.07, 6.45) is 3.94. The predicted molar refractivity (Wildman–Crippen MR) is 125 cm³/mol. The molecule has 0 saturated carbocycles. The van der Waals surface area contributed by atoms with E-state index in [2.05, 4.69) is 15.5 Å². The Morgan fingerprint density at radius 2 is 2.03 bits per heavy atom. The zero-order valence-electron chi connectivity index (χ0n) is 18.1. The smallest absolute Gasteiger partial charge is 0.211 e. The summed E-state index contributed by atoms with van der Waals surface area (Å²) in [7, 11) is 0. The van der Waals surface area contributed by atoms with Gasteiger partial charge in [0.1, 0.15) is 18.2 Å². The number of carbonyl (C=O) groups is 1. The van der Waals surface area contributed by atoms with E-state index in [1.54, 1.807) is 12.3 Å². The number of nitrogens with two attached hydrogens (primary N) is 1. The largest absolute Gasteiger partial charge is 0.492 e. The number of morpholine rings is 1. The van der Waals surface area contributed by atoms with Crippen LogP contribution in [0.4, 0.5) is 15.8 Å². The molecule has 0 spiro atoms. The second-order valence-corrected chi connectivity index (χ2v) is 7.40. The first-order chi connectivity index (χ1) is 15.5. The van der Waals surface area contributed by atoms with Crippen LogP contribution in [0.5, 0.6) is 5.75 Å². The van der Waals surface area contributed by atoms with E-state index in [-0.39, 0.29) is 0 Å². The van der Waals surface area contributed by atoms with E-state index in [9.17, 15) is 9.18 Å². The number of halogens is 1. The highest BCUT2D eigenvalue weighted by atomic mass is 19.1.